The van der Waals surface area contributed by atoms with Crippen LogP contribution in [0, 0.1) is 0 Å². The number of rotatable bonds is 5. The number of allylic oxidation sites excluding steroid dienone is 4. The maximum absolute atomic E-state index is 10.4. The molecule has 0 aliphatic heterocycles. The van der Waals surface area contributed by atoms with Gasteiger partial charge >= 0.3 is 5.97 Å². The van der Waals surface area contributed by atoms with Crippen molar-refractivity contribution in [2.24, 2.45) is 0 Å². The fourth-order valence-electron chi connectivity index (χ4n) is 0.855. The van der Waals surface area contributed by atoms with Crippen LogP contribution in [0.1, 0.15) is 19.8 Å². The van der Waals surface area contributed by atoms with Crippen molar-refractivity contribution < 1.29 is 9.90 Å². The molecule has 0 saturated carbocycles. The van der Waals surface area contributed by atoms with Crippen molar-refractivity contribution in [1.82, 2.24) is 0 Å². The highest BCUT2D eigenvalue weighted by atomic mass is 35.5. The van der Waals surface area contributed by atoms with Gasteiger partial charge in [0.2, 0.25) is 0 Å². The quantitative estimate of drug-likeness (QED) is 0.693. The van der Waals surface area contributed by atoms with Gasteiger partial charge in [0.1, 0.15) is 0 Å². The van der Waals surface area contributed by atoms with Crippen molar-refractivity contribution >= 4 is 17.6 Å². The van der Waals surface area contributed by atoms with Gasteiger partial charge in [-0.3, -0.25) is 4.79 Å². The van der Waals surface area contributed by atoms with Crippen molar-refractivity contribution in [3.8, 4) is 0 Å². The third kappa shape index (κ3) is 6.17. The first-order valence-corrected chi connectivity index (χ1v) is 4.38. The van der Waals surface area contributed by atoms with E-state index in [1.807, 2.05) is 13.0 Å². The first kappa shape index (κ1) is 12.0. The molecular formula is C10H13ClO2. The van der Waals surface area contributed by atoms with Crippen LogP contribution in [0.5, 0.6) is 0 Å². The molecule has 0 bridgehead atoms. The summed E-state index contributed by atoms with van der Waals surface area (Å²) >= 11 is 5.69. The summed E-state index contributed by atoms with van der Waals surface area (Å²) in [6.45, 7) is 5.42. The molecule has 0 aliphatic carbocycles. The Kier molecular flexibility index (Phi) is 5.98. The van der Waals surface area contributed by atoms with Gasteiger partial charge in [-0.15, -0.1) is 0 Å². The van der Waals surface area contributed by atoms with Crippen LogP contribution in [0.3, 0.4) is 0 Å². The van der Waals surface area contributed by atoms with Crippen molar-refractivity contribution in [3.63, 3.8) is 0 Å². The zero-order valence-electron chi connectivity index (χ0n) is 7.59. The van der Waals surface area contributed by atoms with Crippen LogP contribution < -0.4 is 0 Å². The van der Waals surface area contributed by atoms with Gasteiger partial charge in [-0.1, -0.05) is 37.3 Å². The second kappa shape index (κ2) is 6.49. The average Bonchev–Trinajstić information content (AvgIpc) is 2.03. The highest BCUT2D eigenvalue weighted by Crippen LogP contribution is 2.11. The van der Waals surface area contributed by atoms with Crippen LogP contribution in [-0.4, -0.2) is 11.1 Å². The van der Waals surface area contributed by atoms with E-state index >= 15 is 0 Å². The lowest BCUT2D eigenvalue weighted by Gasteiger charge is -1.97. The Hall–Kier alpha value is -1.02. The fourth-order valence-corrected chi connectivity index (χ4v) is 0.995. The lowest BCUT2D eigenvalue weighted by molar-refractivity contribution is -0.136. The smallest absolute Gasteiger partial charge is 0.307 e. The molecule has 0 spiro atoms. The summed E-state index contributed by atoms with van der Waals surface area (Å²) in [5.74, 6) is -0.857. The molecule has 0 aromatic heterocycles. The van der Waals surface area contributed by atoms with Gasteiger partial charge in [-0.25, -0.2) is 0 Å². The minimum Gasteiger partial charge on any atom is -0.481 e. The van der Waals surface area contributed by atoms with Crippen LogP contribution in [0.25, 0.3) is 0 Å². The summed E-state index contributed by atoms with van der Waals surface area (Å²) in [5, 5.41) is 9.02. The van der Waals surface area contributed by atoms with Crippen molar-refractivity contribution in [1.29, 1.82) is 0 Å². The monoisotopic (exact) mass is 200 g/mol. The topological polar surface area (TPSA) is 37.3 Å². The summed E-state index contributed by atoms with van der Waals surface area (Å²) in [6.07, 6.45) is 5.72. The molecule has 13 heavy (non-hydrogen) atoms. The van der Waals surface area contributed by atoms with E-state index < -0.39 is 5.97 Å². The Balaban J connectivity index is 4.53. The Bertz CT molecular complexity index is 252. The van der Waals surface area contributed by atoms with Crippen LogP contribution in [0.4, 0.5) is 0 Å². The number of carbonyl (C=O) groups is 1. The van der Waals surface area contributed by atoms with E-state index in [2.05, 4.69) is 6.58 Å². The minimum atomic E-state index is -0.857. The molecule has 0 radical (unpaired) electrons. The van der Waals surface area contributed by atoms with E-state index in [0.717, 1.165) is 6.42 Å². The number of aliphatic carboxylic acids is 1. The third-order valence-corrected chi connectivity index (χ3v) is 1.60. The lowest BCUT2D eigenvalue weighted by Crippen LogP contribution is -1.95. The van der Waals surface area contributed by atoms with E-state index in [-0.39, 0.29) is 6.42 Å². The van der Waals surface area contributed by atoms with Crippen LogP contribution >= 0.6 is 11.6 Å². The number of halogens is 1. The van der Waals surface area contributed by atoms with E-state index in [4.69, 9.17) is 16.7 Å². The SMILES string of the molecule is C=C/C(Cl)=C\C(=C/CC)CC(=O)O. The number of carboxylic acid groups (broad SMARTS) is 1. The lowest BCUT2D eigenvalue weighted by atomic mass is 10.1. The Morgan fingerprint density at radius 1 is 1.62 bits per heavy atom. The van der Waals surface area contributed by atoms with Gasteiger partial charge in [0.25, 0.3) is 0 Å². The minimum absolute atomic E-state index is 0.00208. The molecule has 0 rings (SSSR count). The highest BCUT2D eigenvalue weighted by Gasteiger charge is 2.00. The molecule has 0 saturated heterocycles. The molecular weight excluding hydrogens is 188 g/mol. The molecule has 72 valence electrons. The first-order valence-electron chi connectivity index (χ1n) is 4.00. The van der Waals surface area contributed by atoms with Crippen LogP contribution in [-0.2, 0) is 4.79 Å². The molecule has 0 unspecified atom stereocenters. The predicted octanol–water partition coefficient (Wildman–Crippen LogP) is 3.11. The maximum Gasteiger partial charge on any atom is 0.307 e. The number of carboxylic acids is 1. The molecule has 0 aromatic rings. The Labute approximate surface area is 83.2 Å². The molecule has 0 atom stereocenters. The summed E-state index contributed by atoms with van der Waals surface area (Å²) < 4.78 is 0. The number of hydrogen-bond donors (Lipinski definition) is 1. The van der Waals surface area contributed by atoms with Crippen LogP contribution in [0.2, 0.25) is 0 Å². The van der Waals surface area contributed by atoms with E-state index in [0.29, 0.717) is 10.6 Å². The van der Waals surface area contributed by atoms with Crippen LogP contribution in [0.15, 0.2) is 35.4 Å². The first-order chi connectivity index (χ1) is 6.10. The second-order valence-electron chi connectivity index (χ2n) is 2.49. The molecule has 3 heteroatoms. The van der Waals surface area contributed by atoms with Crippen molar-refractivity contribution in [2.75, 3.05) is 0 Å². The average molecular weight is 201 g/mol. The van der Waals surface area contributed by atoms with Gasteiger partial charge in [0.15, 0.2) is 0 Å². The molecule has 0 aromatic carbocycles. The van der Waals surface area contributed by atoms with Crippen molar-refractivity contribution in [3.05, 3.63) is 35.4 Å². The van der Waals surface area contributed by atoms with Gasteiger partial charge in [-0.2, -0.15) is 0 Å². The van der Waals surface area contributed by atoms with Crippen molar-refractivity contribution in [2.45, 2.75) is 19.8 Å². The summed E-state index contributed by atoms with van der Waals surface area (Å²) in [6, 6.07) is 0. The second-order valence-corrected chi connectivity index (χ2v) is 2.93. The Morgan fingerprint density at radius 2 is 2.23 bits per heavy atom. The molecule has 0 aliphatic rings. The highest BCUT2D eigenvalue weighted by molar-refractivity contribution is 6.31. The third-order valence-electron chi connectivity index (χ3n) is 1.34. The molecule has 0 heterocycles. The van der Waals surface area contributed by atoms with E-state index in [1.54, 1.807) is 6.08 Å². The van der Waals surface area contributed by atoms with E-state index in [1.165, 1.54) is 6.08 Å². The molecule has 1 N–H and O–H groups in total. The standard InChI is InChI=1S/C10H13ClO2/c1-3-5-8(7-10(12)13)6-9(11)4-2/h4-6H,2-3,7H2,1H3,(H,12,13)/b8-5+,9-6+. The zero-order valence-corrected chi connectivity index (χ0v) is 8.34. The normalized spacial score (nSPS) is 12.8. The maximum atomic E-state index is 10.4. The largest absolute Gasteiger partial charge is 0.481 e. The van der Waals surface area contributed by atoms with Gasteiger partial charge in [0, 0.05) is 5.03 Å². The predicted molar refractivity (Wildman–Crippen MR) is 54.8 cm³/mol. The van der Waals surface area contributed by atoms with E-state index in [9.17, 15) is 4.79 Å². The summed E-state index contributed by atoms with van der Waals surface area (Å²) in [4.78, 5) is 10.4. The fraction of sp³-hybridized carbons (Fsp3) is 0.300. The molecule has 0 fully saturated rings. The summed E-state index contributed by atoms with van der Waals surface area (Å²) in [7, 11) is 0. The molecule has 0 amide bonds. The van der Waals surface area contributed by atoms with Gasteiger partial charge in [-0.05, 0) is 18.1 Å². The van der Waals surface area contributed by atoms with Gasteiger partial charge in [0.05, 0.1) is 6.42 Å². The number of hydrogen-bond acceptors (Lipinski definition) is 1. The van der Waals surface area contributed by atoms with Gasteiger partial charge < -0.3 is 5.11 Å². The molecule has 2 nitrogen and oxygen atoms in total. The Morgan fingerprint density at radius 3 is 2.62 bits per heavy atom. The zero-order chi connectivity index (χ0) is 10.3. The summed E-state index contributed by atoms with van der Waals surface area (Å²) in [5.41, 5.74) is 0.708.